The Bertz CT molecular complexity index is 239. The van der Waals surface area contributed by atoms with E-state index in [2.05, 4.69) is 6.92 Å². The summed E-state index contributed by atoms with van der Waals surface area (Å²) in [5.74, 6) is 1.45. The van der Waals surface area contributed by atoms with Gasteiger partial charge in [-0.1, -0.05) is 59.3 Å². The fraction of sp³-hybridized carbons (Fsp3) is 0.933. The number of rotatable bonds is 6. The molecule has 0 heterocycles. The number of hydrogen-bond donors (Lipinski definition) is 1. The highest BCUT2D eigenvalue weighted by Gasteiger charge is 2.33. The van der Waals surface area contributed by atoms with Gasteiger partial charge in [-0.05, 0) is 18.3 Å². The highest BCUT2D eigenvalue weighted by Crippen LogP contribution is 2.38. The van der Waals surface area contributed by atoms with Gasteiger partial charge in [0.05, 0.1) is 0 Å². The lowest BCUT2D eigenvalue weighted by atomic mass is 9.70. The maximum atomic E-state index is 11.7. The molecule has 0 aliphatic heterocycles. The molecule has 1 saturated carbocycles. The van der Waals surface area contributed by atoms with Crippen LogP contribution in [-0.4, -0.2) is 17.5 Å². The van der Waals surface area contributed by atoms with Crippen molar-refractivity contribution >= 4 is 5.78 Å². The summed E-state index contributed by atoms with van der Waals surface area (Å²) in [4.78, 5) is 11.7. The Kier molecular flexibility index (Phi) is 5.64. The third-order valence-corrected chi connectivity index (χ3v) is 4.51. The van der Waals surface area contributed by atoms with Gasteiger partial charge in [-0.3, -0.25) is 4.79 Å². The van der Waals surface area contributed by atoms with Crippen LogP contribution in [0.3, 0.4) is 0 Å². The SMILES string of the molecule is CCC(CC(C)(C)C(=O)CO)C1CCCCC1. The number of aliphatic hydroxyl groups excluding tert-OH is 1. The minimum absolute atomic E-state index is 0.00763. The lowest BCUT2D eigenvalue weighted by Crippen LogP contribution is -2.32. The zero-order chi connectivity index (χ0) is 12.9. The standard InChI is InChI=1S/C15H28O2/c1-4-12(13-8-6-5-7-9-13)10-15(2,3)14(17)11-16/h12-13,16H,4-11H2,1-3H3. The molecule has 2 heteroatoms. The van der Waals surface area contributed by atoms with E-state index < -0.39 is 0 Å². The van der Waals surface area contributed by atoms with Crippen molar-refractivity contribution in [2.24, 2.45) is 17.3 Å². The van der Waals surface area contributed by atoms with Gasteiger partial charge >= 0.3 is 0 Å². The number of Topliss-reactive ketones (excluding diaryl/α,β-unsaturated/α-hetero) is 1. The van der Waals surface area contributed by atoms with Crippen molar-refractivity contribution < 1.29 is 9.90 Å². The van der Waals surface area contributed by atoms with E-state index in [1.165, 1.54) is 32.1 Å². The second kappa shape index (κ2) is 6.53. The van der Waals surface area contributed by atoms with Gasteiger partial charge in [0.1, 0.15) is 6.61 Å². The second-order valence-corrected chi connectivity index (χ2v) is 6.24. The van der Waals surface area contributed by atoms with E-state index in [9.17, 15) is 4.79 Å². The van der Waals surface area contributed by atoms with Crippen molar-refractivity contribution in [3.05, 3.63) is 0 Å². The summed E-state index contributed by atoms with van der Waals surface area (Å²) < 4.78 is 0. The average Bonchev–Trinajstić information content (AvgIpc) is 2.36. The molecule has 0 aromatic heterocycles. The maximum absolute atomic E-state index is 11.7. The summed E-state index contributed by atoms with van der Waals surface area (Å²) in [7, 11) is 0. The molecule has 0 saturated heterocycles. The third kappa shape index (κ3) is 4.09. The summed E-state index contributed by atoms with van der Waals surface area (Å²) in [6.45, 7) is 5.89. The number of carbonyl (C=O) groups excluding carboxylic acids is 1. The van der Waals surface area contributed by atoms with Gasteiger partial charge in [0.25, 0.3) is 0 Å². The monoisotopic (exact) mass is 240 g/mol. The molecule has 1 N–H and O–H groups in total. The molecular weight excluding hydrogens is 212 g/mol. The van der Waals surface area contributed by atoms with Crippen LogP contribution in [0.25, 0.3) is 0 Å². The van der Waals surface area contributed by atoms with E-state index in [1.807, 2.05) is 13.8 Å². The average molecular weight is 240 g/mol. The number of carbonyl (C=O) groups is 1. The molecule has 1 atom stereocenters. The van der Waals surface area contributed by atoms with Gasteiger partial charge in [-0.25, -0.2) is 0 Å². The molecule has 0 bridgehead atoms. The normalized spacial score (nSPS) is 20.2. The van der Waals surface area contributed by atoms with Gasteiger partial charge in [0.15, 0.2) is 5.78 Å². The molecule has 0 amide bonds. The van der Waals surface area contributed by atoms with E-state index >= 15 is 0 Å². The third-order valence-electron chi connectivity index (χ3n) is 4.51. The molecule has 0 aromatic rings. The Balaban J connectivity index is 2.58. The lowest BCUT2D eigenvalue weighted by molar-refractivity contribution is -0.131. The van der Waals surface area contributed by atoms with Crippen molar-refractivity contribution in [1.82, 2.24) is 0 Å². The molecule has 1 fully saturated rings. The zero-order valence-corrected chi connectivity index (χ0v) is 11.7. The summed E-state index contributed by atoms with van der Waals surface area (Å²) in [6, 6.07) is 0. The van der Waals surface area contributed by atoms with Gasteiger partial charge in [-0.15, -0.1) is 0 Å². The predicted octanol–water partition coefficient (Wildman–Crippen LogP) is 3.57. The molecule has 100 valence electrons. The van der Waals surface area contributed by atoms with E-state index in [-0.39, 0.29) is 17.8 Å². The van der Waals surface area contributed by atoms with Gasteiger partial charge in [0.2, 0.25) is 0 Å². The van der Waals surface area contributed by atoms with Gasteiger partial charge in [0, 0.05) is 5.41 Å². The Morgan fingerprint density at radius 3 is 2.35 bits per heavy atom. The summed E-state index contributed by atoms with van der Waals surface area (Å²) in [5.41, 5.74) is -0.354. The molecule has 1 aliphatic carbocycles. The fourth-order valence-electron chi connectivity index (χ4n) is 3.23. The molecule has 1 aliphatic rings. The molecule has 0 radical (unpaired) electrons. The zero-order valence-electron chi connectivity index (χ0n) is 11.7. The largest absolute Gasteiger partial charge is 0.389 e. The molecule has 1 unspecified atom stereocenters. The van der Waals surface area contributed by atoms with Crippen molar-refractivity contribution in [3.8, 4) is 0 Å². The van der Waals surface area contributed by atoms with Crippen LogP contribution in [0.2, 0.25) is 0 Å². The van der Waals surface area contributed by atoms with E-state index in [1.54, 1.807) is 0 Å². The first-order valence-electron chi connectivity index (χ1n) is 7.15. The topological polar surface area (TPSA) is 37.3 Å². The minimum atomic E-state index is -0.354. The van der Waals surface area contributed by atoms with Gasteiger partial charge < -0.3 is 5.11 Å². The summed E-state index contributed by atoms with van der Waals surface area (Å²) >= 11 is 0. The van der Waals surface area contributed by atoms with Crippen molar-refractivity contribution in [2.45, 2.75) is 65.7 Å². The van der Waals surface area contributed by atoms with E-state index in [4.69, 9.17) is 5.11 Å². The fourth-order valence-corrected chi connectivity index (χ4v) is 3.23. The van der Waals surface area contributed by atoms with E-state index in [0.717, 1.165) is 18.8 Å². The lowest BCUT2D eigenvalue weighted by Gasteiger charge is -2.34. The van der Waals surface area contributed by atoms with Crippen LogP contribution in [0.15, 0.2) is 0 Å². The number of ketones is 1. The Hall–Kier alpha value is -0.370. The number of aliphatic hydroxyl groups is 1. The Morgan fingerprint density at radius 1 is 1.29 bits per heavy atom. The first-order valence-corrected chi connectivity index (χ1v) is 7.15. The van der Waals surface area contributed by atoms with Crippen molar-refractivity contribution in [1.29, 1.82) is 0 Å². The molecule has 1 rings (SSSR count). The van der Waals surface area contributed by atoms with Crippen LogP contribution in [0.1, 0.15) is 65.7 Å². The highest BCUT2D eigenvalue weighted by molar-refractivity contribution is 5.84. The highest BCUT2D eigenvalue weighted by atomic mass is 16.3. The van der Waals surface area contributed by atoms with Crippen LogP contribution in [0.4, 0.5) is 0 Å². The smallest absolute Gasteiger partial charge is 0.163 e. The summed E-state index contributed by atoms with van der Waals surface area (Å²) in [6.07, 6.45) is 8.86. The molecule has 0 aromatic carbocycles. The molecule has 0 spiro atoms. The Morgan fingerprint density at radius 2 is 1.88 bits per heavy atom. The van der Waals surface area contributed by atoms with Crippen LogP contribution >= 0.6 is 0 Å². The first-order chi connectivity index (χ1) is 8.01. The molecular formula is C15H28O2. The number of hydrogen-bond acceptors (Lipinski definition) is 2. The Labute approximate surface area is 106 Å². The first kappa shape index (κ1) is 14.7. The molecule has 17 heavy (non-hydrogen) atoms. The van der Waals surface area contributed by atoms with Gasteiger partial charge in [-0.2, -0.15) is 0 Å². The summed E-state index contributed by atoms with van der Waals surface area (Å²) in [5, 5.41) is 9.02. The van der Waals surface area contributed by atoms with Crippen LogP contribution < -0.4 is 0 Å². The maximum Gasteiger partial charge on any atom is 0.163 e. The van der Waals surface area contributed by atoms with Crippen molar-refractivity contribution in [2.75, 3.05) is 6.61 Å². The van der Waals surface area contributed by atoms with Crippen LogP contribution in [-0.2, 0) is 4.79 Å². The van der Waals surface area contributed by atoms with Crippen LogP contribution in [0.5, 0.6) is 0 Å². The quantitative estimate of drug-likeness (QED) is 0.770. The second-order valence-electron chi connectivity index (χ2n) is 6.24. The van der Waals surface area contributed by atoms with E-state index in [0.29, 0.717) is 5.92 Å². The molecule has 2 nitrogen and oxygen atoms in total. The van der Waals surface area contributed by atoms with Crippen LogP contribution in [0, 0.1) is 17.3 Å². The predicted molar refractivity (Wildman–Crippen MR) is 70.8 cm³/mol. The van der Waals surface area contributed by atoms with Crippen molar-refractivity contribution in [3.63, 3.8) is 0 Å². The minimum Gasteiger partial charge on any atom is -0.389 e.